The van der Waals surface area contributed by atoms with Crippen molar-refractivity contribution >= 4 is 17.7 Å². The van der Waals surface area contributed by atoms with E-state index in [9.17, 15) is 9.59 Å². The zero-order valence-corrected chi connectivity index (χ0v) is 11.2. The van der Waals surface area contributed by atoms with E-state index < -0.39 is 12.1 Å². The minimum absolute atomic E-state index is 0.0548. The lowest BCUT2D eigenvalue weighted by molar-refractivity contribution is 0.0698. The fourth-order valence-corrected chi connectivity index (χ4v) is 1.67. The fourth-order valence-electron chi connectivity index (χ4n) is 1.67. The Hall–Kier alpha value is -3.02. The van der Waals surface area contributed by atoms with Gasteiger partial charge in [-0.25, -0.2) is 9.59 Å². The number of ether oxygens (including phenoxy) is 2. The number of carbonyl (C=O) groups excluding carboxylic acids is 1. The van der Waals surface area contributed by atoms with Crippen molar-refractivity contribution in [2.45, 2.75) is 0 Å². The maximum Gasteiger partial charge on any atom is 0.417 e. The van der Waals surface area contributed by atoms with E-state index >= 15 is 0 Å². The van der Waals surface area contributed by atoms with E-state index in [0.717, 1.165) is 0 Å². The topological polar surface area (TPSA) is 84.9 Å². The molecule has 0 spiro atoms. The summed E-state index contributed by atoms with van der Waals surface area (Å²) < 4.78 is 10.0. The van der Waals surface area contributed by atoms with Crippen LogP contribution in [0.2, 0.25) is 0 Å². The molecule has 0 aliphatic heterocycles. The monoisotopic (exact) mass is 287 g/mol. The van der Waals surface area contributed by atoms with E-state index in [2.05, 4.69) is 5.32 Å². The number of para-hydroxylation sites is 1. The van der Waals surface area contributed by atoms with E-state index in [0.29, 0.717) is 11.5 Å². The molecule has 0 radical (unpaired) electrons. The highest BCUT2D eigenvalue weighted by Gasteiger charge is 2.14. The molecule has 6 nitrogen and oxygen atoms in total. The molecule has 0 aromatic heterocycles. The number of carbonyl (C=O) groups is 2. The first-order valence-electron chi connectivity index (χ1n) is 6.05. The second-order valence-electron chi connectivity index (χ2n) is 4.04. The number of methoxy groups -OCH3 is 1. The predicted octanol–water partition coefficient (Wildman–Crippen LogP) is 3.00. The lowest BCUT2D eigenvalue weighted by Gasteiger charge is -2.10. The lowest BCUT2D eigenvalue weighted by atomic mass is 10.1. The molecule has 0 saturated heterocycles. The second kappa shape index (κ2) is 6.42. The third-order valence-corrected chi connectivity index (χ3v) is 2.65. The van der Waals surface area contributed by atoms with E-state index in [1.807, 2.05) is 0 Å². The summed E-state index contributed by atoms with van der Waals surface area (Å²) in [5.74, 6) is -0.377. The summed E-state index contributed by atoms with van der Waals surface area (Å²) in [6, 6.07) is 12.7. The molecule has 1 amide bonds. The molecule has 0 unspecified atom stereocenters. The van der Waals surface area contributed by atoms with E-state index in [4.69, 9.17) is 14.6 Å². The van der Waals surface area contributed by atoms with Crippen LogP contribution in [-0.2, 0) is 0 Å². The van der Waals surface area contributed by atoms with Gasteiger partial charge >= 0.3 is 12.1 Å². The van der Waals surface area contributed by atoms with Crippen LogP contribution in [0.4, 0.5) is 10.5 Å². The first-order chi connectivity index (χ1) is 10.1. The molecular weight excluding hydrogens is 274 g/mol. The van der Waals surface area contributed by atoms with Crippen molar-refractivity contribution in [2.75, 3.05) is 12.4 Å². The maximum atomic E-state index is 11.8. The SMILES string of the molecule is COc1ccc(C(=O)O)c(NC(=O)Oc2ccccc2)c1. The molecule has 0 atom stereocenters. The summed E-state index contributed by atoms with van der Waals surface area (Å²) in [6.45, 7) is 0. The highest BCUT2D eigenvalue weighted by atomic mass is 16.6. The van der Waals surface area contributed by atoms with Gasteiger partial charge in [0.05, 0.1) is 18.4 Å². The Labute approximate surface area is 120 Å². The van der Waals surface area contributed by atoms with E-state index in [-0.39, 0.29) is 11.3 Å². The zero-order chi connectivity index (χ0) is 15.2. The number of amides is 1. The normalized spacial score (nSPS) is 9.76. The average molecular weight is 287 g/mol. The number of nitrogens with one attached hydrogen (secondary N) is 1. The Bertz CT molecular complexity index is 654. The summed E-state index contributed by atoms with van der Waals surface area (Å²) in [7, 11) is 1.45. The number of hydrogen-bond donors (Lipinski definition) is 2. The van der Waals surface area contributed by atoms with E-state index in [1.165, 1.54) is 25.3 Å². The molecule has 0 saturated carbocycles. The molecule has 0 fully saturated rings. The maximum absolute atomic E-state index is 11.8. The molecule has 2 N–H and O–H groups in total. The van der Waals surface area contributed by atoms with Gasteiger partial charge < -0.3 is 14.6 Å². The quantitative estimate of drug-likeness (QED) is 0.903. The molecule has 2 aromatic rings. The minimum atomic E-state index is -1.16. The predicted molar refractivity (Wildman–Crippen MR) is 76.0 cm³/mol. The van der Waals surface area contributed by atoms with Gasteiger partial charge in [0.15, 0.2) is 0 Å². The van der Waals surface area contributed by atoms with Crippen LogP contribution in [0.1, 0.15) is 10.4 Å². The molecule has 6 heteroatoms. The van der Waals surface area contributed by atoms with Crippen molar-refractivity contribution in [2.24, 2.45) is 0 Å². The van der Waals surface area contributed by atoms with Gasteiger partial charge in [0.25, 0.3) is 0 Å². The van der Waals surface area contributed by atoms with Crippen LogP contribution in [0.5, 0.6) is 11.5 Å². The number of benzene rings is 2. The first-order valence-corrected chi connectivity index (χ1v) is 6.05. The van der Waals surface area contributed by atoms with Gasteiger partial charge in [-0.3, -0.25) is 5.32 Å². The van der Waals surface area contributed by atoms with Crippen LogP contribution in [0.25, 0.3) is 0 Å². The molecular formula is C15H13NO5. The third kappa shape index (κ3) is 3.73. The second-order valence-corrected chi connectivity index (χ2v) is 4.04. The summed E-state index contributed by atoms with van der Waals surface area (Å²) in [4.78, 5) is 22.9. The molecule has 0 aliphatic carbocycles. The van der Waals surface area contributed by atoms with Crippen molar-refractivity contribution in [1.29, 1.82) is 0 Å². The van der Waals surface area contributed by atoms with Gasteiger partial charge in [0.1, 0.15) is 11.5 Å². The van der Waals surface area contributed by atoms with Crippen LogP contribution < -0.4 is 14.8 Å². The van der Waals surface area contributed by atoms with Crippen LogP contribution in [-0.4, -0.2) is 24.3 Å². The number of hydrogen-bond acceptors (Lipinski definition) is 4. The number of rotatable bonds is 4. The van der Waals surface area contributed by atoms with Gasteiger partial charge in [-0.05, 0) is 24.3 Å². The largest absolute Gasteiger partial charge is 0.497 e. The molecule has 0 bridgehead atoms. The number of aromatic carboxylic acids is 1. The van der Waals surface area contributed by atoms with Crippen molar-refractivity contribution < 1.29 is 24.2 Å². The number of carboxylic acid groups (broad SMARTS) is 1. The smallest absolute Gasteiger partial charge is 0.417 e. The Morgan fingerprint density at radius 2 is 1.76 bits per heavy atom. The van der Waals surface area contributed by atoms with Gasteiger partial charge in [-0.1, -0.05) is 18.2 Å². The summed E-state index contributed by atoms with van der Waals surface area (Å²) in [5, 5.41) is 11.5. The van der Waals surface area contributed by atoms with Crippen molar-refractivity contribution in [3.05, 3.63) is 54.1 Å². The van der Waals surface area contributed by atoms with Crippen molar-refractivity contribution in [1.82, 2.24) is 0 Å². The standard InChI is InChI=1S/C15H13NO5/c1-20-11-7-8-12(14(17)18)13(9-11)16-15(19)21-10-5-3-2-4-6-10/h2-9H,1H3,(H,16,19)(H,17,18). The highest BCUT2D eigenvalue weighted by molar-refractivity contribution is 5.99. The fraction of sp³-hybridized carbons (Fsp3) is 0.0667. The Morgan fingerprint density at radius 3 is 2.38 bits per heavy atom. The van der Waals surface area contributed by atoms with Crippen LogP contribution in [0, 0.1) is 0 Å². The van der Waals surface area contributed by atoms with Gasteiger partial charge in [-0.2, -0.15) is 0 Å². The van der Waals surface area contributed by atoms with Gasteiger partial charge in [-0.15, -0.1) is 0 Å². The van der Waals surface area contributed by atoms with Crippen LogP contribution in [0.3, 0.4) is 0 Å². The summed E-state index contributed by atoms with van der Waals surface area (Å²) in [6.07, 6.45) is -0.781. The Kier molecular flexibility index (Phi) is 4.40. The number of anilines is 1. The van der Waals surface area contributed by atoms with Crippen molar-refractivity contribution in [3.8, 4) is 11.5 Å². The molecule has 0 heterocycles. The summed E-state index contributed by atoms with van der Waals surface area (Å²) >= 11 is 0. The average Bonchev–Trinajstić information content (AvgIpc) is 2.47. The minimum Gasteiger partial charge on any atom is -0.497 e. The third-order valence-electron chi connectivity index (χ3n) is 2.65. The molecule has 21 heavy (non-hydrogen) atoms. The molecule has 2 aromatic carbocycles. The Morgan fingerprint density at radius 1 is 1.05 bits per heavy atom. The van der Waals surface area contributed by atoms with Crippen LogP contribution in [0.15, 0.2) is 48.5 Å². The van der Waals surface area contributed by atoms with Crippen molar-refractivity contribution in [3.63, 3.8) is 0 Å². The Balaban J connectivity index is 2.17. The van der Waals surface area contributed by atoms with Gasteiger partial charge in [0, 0.05) is 6.07 Å². The number of carboxylic acids is 1. The van der Waals surface area contributed by atoms with Crippen LogP contribution >= 0.6 is 0 Å². The molecule has 0 aliphatic rings. The summed E-state index contributed by atoms with van der Waals surface area (Å²) in [5.41, 5.74) is 0.0450. The molecule has 2 rings (SSSR count). The zero-order valence-electron chi connectivity index (χ0n) is 11.2. The lowest BCUT2D eigenvalue weighted by Crippen LogP contribution is -2.18. The molecule has 108 valence electrons. The van der Waals surface area contributed by atoms with E-state index in [1.54, 1.807) is 30.3 Å². The highest BCUT2D eigenvalue weighted by Crippen LogP contribution is 2.23. The van der Waals surface area contributed by atoms with Gasteiger partial charge in [0.2, 0.25) is 0 Å². The first kappa shape index (κ1) is 14.4.